The Morgan fingerprint density at radius 2 is 1.16 bits per heavy atom. The number of rotatable bonds is 3. The molecule has 0 N–H and O–H groups in total. The van der Waals surface area contributed by atoms with Gasteiger partial charge in [0.25, 0.3) is 0 Å². The third-order valence-electron chi connectivity index (χ3n) is 8.66. The van der Waals surface area contributed by atoms with Crippen LogP contribution in [-0.4, -0.2) is 19.5 Å². The average Bonchev–Trinajstić information content (AvgIpc) is 3.76. The molecule has 10 rings (SSSR count). The molecule has 5 nitrogen and oxygen atoms in total. The van der Waals surface area contributed by atoms with E-state index in [-0.39, 0.29) is 0 Å². The van der Waals surface area contributed by atoms with Gasteiger partial charge in [-0.2, -0.15) is 9.97 Å². The highest BCUT2D eigenvalue weighted by molar-refractivity contribution is 7.25. The van der Waals surface area contributed by atoms with Gasteiger partial charge >= 0.3 is 0 Å². The lowest BCUT2D eigenvalue weighted by Gasteiger charge is -2.11. The molecule has 10 aromatic rings. The molecule has 0 radical (unpaired) electrons. The van der Waals surface area contributed by atoms with Gasteiger partial charge in [-0.15, -0.1) is 11.3 Å². The molecule has 0 atom stereocenters. The van der Waals surface area contributed by atoms with Crippen LogP contribution in [0.15, 0.2) is 138 Å². The number of fused-ring (bicyclic) bond motifs is 9. The van der Waals surface area contributed by atoms with Gasteiger partial charge in [0.05, 0.1) is 11.0 Å². The van der Waals surface area contributed by atoms with E-state index in [9.17, 15) is 0 Å². The summed E-state index contributed by atoms with van der Waals surface area (Å²) in [6, 6.07) is 46.2. The summed E-state index contributed by atoms with van der Waals surface area (Å²) in [4.78, 5) is 15.3. The Morgan fingerprint density at radius 3 is 2.04 bits per heavy atom. The van der Waals surface area contributed by atoms with Gasteiger partial charge in [0.2, 0.25) is 5.95 Å². The zero-order valence-corrected chi connectivity index (χ0v) is 24.6. The Balaban J connectivity index is 1.27. The van der Waals surface area contributed by atoms with E-state index in [4.69, 9.17) is 19.4 Å². The molecule has 210 valence electrons. The maximum atomic E-state index is 6.29. The predicted molar refractivity (Wildman–Crippen MR) is 185 cm³/mol. The van der Waals surface area contributed by atoms with Gasteiger partial charge in [0.1, 0.15) is 11.2 Å². The van der Waals surface area contributed by atoms with Crippen molar-refractivity contribution >= 4 is 75.3 Å². The number of aromatic nitrogens is 4. The van der Waals surface area contributed by atoms with Crippen molar-refractivity contribution in [1.29, 1.82) is 0 Å². The molecular weight excluding hydrogens is 573 g/mol. The molecule has 6 aromatic carbocycles. The third kappa shape index (κ3) is 3.70. The molecule has 0 amide bonds. The monoisotopic (exact) mass is 594 g/mol. The van der Waals surface area contributed by atoms with E-state index in [1.165, 1.54) is 20.2 Å². The van der Waals surface area contributed by atoms with E-state index in [2.05, 4.69) is 95.6 Å². The predicted octanol–water partition coefficient (Wildman–Crippen LogP) is 10.6. The van der Waals surface area contributed by atoms with Crippen LogP contribution in [0, 0.1) is 0 Å². The van der Waals surface area contributed by atoms with Gasteiger partial charge in [-0.1, -0.05) is 97.1 Å². The van der Waals surface area contributed by atoms with Gasteiger partial charge in [-0.25, -0.2) is 4.98 Å². The van der Waals surface area contributed by atoms with Crippen molar-refractivity contribution in [2.75, 3.05) is 0 Å². The van der Waals surface area contributed by atoms with Crippen molar-refractivity contribution in [3.8, 4) is 28.7 Å². The molecule has 0 saturated heterocycles. The Kier molecular flexibility index (Phi) is 5.09. The van der Waals surface area contributed by atoms with Crippen LogP contribution in [0.4, 0.5) is 0 Å². The van der Waals surface area contributed by atoms with E-state index in [0.717, 1.165) is 54.9 Å². The largest absolute Gasteiger partial charge is 0.456 e. The standard InChI is InChI=1S/C39H22N4OS/c1-2-10-23(11-3-1)37-40-38(24-18-19-28-27-14-6-9-17-35(27)45-36(28)20-24)42-39(41-37)43-31-15-7-4-12-25(31)29-22-34-30(21-32(29)43)26-13-5-8-16-33(26)44-34/h1-22H. The van der Waals surface area contributed by atoms with Crippen LogP contribution in [-0.2, 0) is 0 Å². The summed E-state index contributed by atoms with van der Waals surface area (Å²) in [5.41, 5.74) is 5.69. The first-order valence-corrected chi connectivity index (χ1v) is 15.7. The Bertz CT molecular complexity index is 2770. The van der Waals surface area contributed by atoms with Crippen LogP contribution in [0.1, 0.15) is 0 Å². The van der Waals surface area contributed by atoms with E-state index in [0.29, 0.717) is 17.6 Å². The van der Waals surface area contributed by atoms with Crippen LogP contribution >= 0.6 is 11.3 Å². The lowest BCUT2D eigenvalue weighted by molar-refractivity contribution is 0.669. The van der Waals surface area contributed by atoms with Crippen LogP contribution in [0.2, 0.25) is 0 Å². The number of thiophene rings is 1. The fraction of sp³-hybridized carbons (Fsp3) is 0. The summed E-state index contributed by atoms with van der Waals surface area (Å²) >= 11 is 1.79. The van der Waals surface area contributed by atoms with Crippen LogP contribution < -0.4 is 0 Å². The smallest absolute Gasteiger partial charge is 0.238 e. The molecule has 4 heterocycles. The molecule has 0 unspecified atom stereocenters. The van der Waals surface area contributed by atoms with Gasteiger partial charge in [-0.3, -0.25) is 4.57 Å². The minimum Gasteiger partial charge on any atom is -0.456 e. The summed E-state index contributed by atoms with van der Waals surface area (Å²) in [6.07, 6.45) is 0. The number of furan rings is 1. The second-order valence-corrected chi connectivity index (χ2v) is 12.4. The SMILES string of the molecule is c1ccc(-c2nc(-c3ccc4c(c3)sc3ccccc34)nc(-n3c4ccccc4c4cc5oc6ccccc6c5cc43)n2)cc1. The summed E-state index contributed by atoms with van der Waals surface area (Å²) in [5.74, 6) is 1.85. The third-order valence-corrected chi connectivity index (χ3v) is 9.80. The van der Waals surface area contributed by atoms with Crippen molar-refractivity contribution in [1.82, 2.24) is 19.5 Å². The van der Waals surface area contributed by atoms with Gasteiger partial charge in [0, 0.05) is 52.8 Å². The lowest BCUT2D eigenvalue weighted by atomic mass is 10.1. The van der Waals surface area contributed by atoms with Crippen molar-refractivity contribution in [3.63, 3.8) is 0 Å². The quantitative estimate of drug-likeness (QED) is 0.204. The Labute approximate surface area is 260 Å². The first-order valence-electron chi connectivity index (χ1n) is 14.9. The maximum Gasteiger partial charge on any atom is 0.238 e. The average molecular weight is 595 g/mol. The van der Waals surface area contributed by atoms with E-state index >= 15 is 0 Å². The topological polar surface area (TPSA) is 56.7 Å². The number of hydrogen-bond acceptors (Lipinski definition) is 5. The second kappa shape index (κ2) is 9.32. The number of benzene rings is 6. The molecule has 0 aliphatic rings. The lowest BCUT2D eigenvalue weighted by Crippen LogP contribution is -2.06. The summed E-state index contributed by atoms with van der Waals surface area (Å²) in [6.45, 7) is 0. The van der Waals surface area contributed by atoms with E-state index in [1.54, 1.807) is 11.3 Å². The highest BCUT2D eigenvalue weighted by Crippen LogP contribution is 2.39. The molecule has 0 fully saturated rings. The molecule has 0 aliphatic carbocycles. The van der Waals surface area contributed by atoms with Crippen molar-refractivity contribution in [2.45, 2.75) is 0 Å². The summed E-state index contributed by atoms with van der Waals surface area (Å²) < 4.78 is 10.9. The molecular formula is C39H22N4OS. The molecule has 0 aliphatic heterocycles. The van der Waals surface area contributed by atoms with Crippen LogP contribution in [0.25, 0.3) is 92.6 Å². The Morgan fingerprint density at radius 1 is 0.444 bits per heavy atom. The first kappa shape index (κ1) is 24.6. The minimum atomic E-state index is 0.577. The fourth-order valence-electron chi connectivity index (χ4n) is 6.58. The van der Waals surface area contributed by atoms with Crippen molar-refractivity contribution < 1.29 is 4.42 Å². The van der Waals surface area contributed by atoms with E-state index < -0.39 is 0 Å². The van der Waals surface area contributed by atoms with Gasteiger partial charge < -0.3 is 4.42 Å². The van der Waals surface area contributed by atoms with Crippen LogP contribution in [0.5, 0.6) is 0 Å². The number of hydrogen-bond donors (Lipinski definition) is 0. The first-order chi connectivity index (χ1) is 22.3. The van der Waals surface area contributed by atoms with Crippen LogP contribution in [0.3, 0.4) is 0 Å². The Hall–Kier alpha value is -5.85. The second-order valence-electron chi connectivity index (χ2n) is 11.3. The maximum absolute atomic E-state index is 6.29. The highest BCUT2D eigenvalue weighted by Gasteiger charge is 2.20. The zero-order valence-electron chi connectivity index (χ0n) is 23.8. The van der Waals surface area contributed by atoms with Crippen molar-refractivity contribution in [3.05, 3.63) is 133 Å². The van der Waals surface area contributed by atoms with Crippen molar-refractivity contribution in [2.24, 2.45) is 0 Å². The molecule has 0 spiro atoms. The minimum absolute atomic E-state index is 0.577. The zero-order chi connectivity index (χ0) is 29.5. The van der Waals surface area contributed by atoms with Gasteiger partial charge in [-0.05, 0) is 36.4 Å². The summed E-state index contributed by atoms with van der Waals surface area (Å²) in [5, 5.41) is 6.88. The molecule has 0 bridgehead atoms. The highest BCUT2D eigenvalue weighted by atomic mass is 32.1. The number of para-hydroxylation sites is 2. The summed E-state index contributed by atoms with van der Waals surface area (Å²) in [7, 11) is 0. The van der Waals surface area contributed by atoms with E-state index in [1.807, 2.05) is 42.5 Å². The fourth-order valence-corrected chi connectivity index (χ4v) is 7.72. The molecule has 45 heavy (non-hydrogen) atoms. The molecule has 0 saturated carbocycles. The molecule has 4 aromatic heterocycles. The molecule has 6 heteroatoms. The normalized spacial score (nSPS) is 12.0. The number of nitrogens with zero attached hydrogens (tertiary/aromatic N) is 4. The van der Waals surface area contributed by atoms with Gasteiger partial charge in [0.15, 0.2) is 11.6 Å².